The maximum Gasteiger partial charge on any atom is 0.225 e. The summed E-state index contributed by atoms with van der Waals surface area (Å²) >= 11 is 0. The van der Waals surface area contributed by atoms with Crippen LogP contribution in [0.15, 0.2) is 60.8 Å². The Morgan fingerprint density at radius 3 is 2.75 bits per heavy atom. The van der Waals surface area contributed by atoms with Gasteiger partial charge in [0.15, 0.2) is 0 Å². The van der Waals surface area contributed by atoms with Crippen molar-refractivity contribution in [3.8, 4) is 6.07 Å². The minimum Gasteiger partial charge on any atom is -0.375 e. The van der Waals surface area contributed by atoms with Gasteiger partial charge in [0.05, 0.1) is 12.7 Å². The second kappa shape index (κ2) is 11.8. The highest BCUT2D eigenvalue weighted by atomic mass is 19.1. The van der Waals surface area contributed by atoms with Crippen LogP contribution in [-0.4, -0.2) is 36.2 Å². The van der Waals surface area contributed by atoms with Gasteiger partial charge in [0, 0.05) is 42.4 Å². The number of hydrogen-bond donors (Lipinski definition) is 2. The number of hydrogen-bond acceptors (Lipinski definition) is 5. The summed E-state index contributed by atoms with van der Waals surface area (Å²) in [6.07, 6.45) is 2.37. The molecule has 36 heavy (non-hydrogen) atoms. The molecule has 0 saturated carbocycles. The van der Waals surface area contributed by atoms with E-state index in [2.05, 4.69) is 28.6 Å². The molecular weight excluding hydrogens is 462 g/mol. The maximum atomic E-state index is 14.7. The fraction of sp³-hybridized carbons (Fsp3) is 0.286. The largest absolute Gasteiger partial charge is 0.375 e. The molecule has 3 atom stereocenters. The van der Waals surface area contributed by atoms with E-state index in [0.717, 1.165) is 0 Å². The van der Waals surface area contributed by atoms with Crippen molar-refractivity contribution in [2.24, 2.45) is 0 Å². The number of carbonyl (C=O) groups is 1. The number of nitriles is 1. The Kier molecular flexibility index (Phi) is 8.36. The van der Waals surface area contributed by atoms with Gasteiger partial charge in [-0.05, 0) is 61.2 Å². The molecule has 1 aliphatic heterocycles. The van der Waals surface area contributed by atoms with Crippen LogP contribution in [0.4, 0.5) is 14.5 Å². The van der Waals surface area contributed by atoms with E-state index < -0.39 is 17.6 Å². The minimum absolute atomic E-state index is 0.0392. The Morgan fingerprint density at radius 2 is 2.03 bits per heavy atom. The molecule has 2 heterocycles. The minimum atomic E-state index is -0.539. The molecule has 0 unspecified atom stereocenters. The molecule has 1 fully saturated rings. The third kappa shape index (κ3) is 6.30. The number of benzene rings is 2. The third-order valence-electron chi connectivity index (χ3n) is 6.26. The van der Waals surface area contributed by atoms with Gasteiger partial charge in [-0.2, -0.15) is 5.26 Å². The first-order chi connectivity index (χ1) is 17.4. The number of nitrogens with zero attached hydrogens (tertiary/aromatic N) is 2. The number of nitrogens with one attached hydrogen (secondary N) is 2. The first-order valence-corrected chi connectivity index (χ1v) is 11.8. The number of pyridine rings is 1. The first-order valence-electron chi connectivity index (χ1n) is 11.8. The summed E-state index contributed by atoms with van der Waals surface area (Å²) in [4.78, 5) is 17.3. The molecule has 0 bridgehead atoms. The average molecular weight is 490 g/mol. The summed E-state index contributed by atoms with van der Waals surface area (Å²) in [5.41, 5.74) is 2.22. The third-order valence-corrected chi connectivity index (χ3v) is 6.26. The molecule has 1 aliphatic rings. The number of carbonyl (C=O) groups excluding carboxylic acids is 1. The highest BCUT2D eigenvalue weighted by Crippen LogP contribution is 2.31. The van der Waals surface area contributed by atoms with Crippen molar-refractivity contribution in [2.75, 3.05) is 18.5 Å². The molecule has 0 aliphatic carbocycles. The van der Waals surface area contributed by atoms with Gasteiger partial charge in [-0.1, -0.05) is 24.3 Å². The van der Waals surface area contributed by atoms with Gasteiger partial charge in [-0.25, -0.2) is 13.8 Å². The normalized spacial score (nSPS) is 18.3. The lowest BCUT2D eigenvalue weighted by atomic mass is 9.87. The summed E-state index contributed by atoms with van der Waals surface area (Å²) < 4.78 is 34.1. The monoisotopic (exact) mass is 489 g/mol. The predicted octanol–water partition coefficient (Wildman–Crippen LogP) is 4.52. The van der Waals surface area contributed by atoms with Crippen LogP contribution in [0.1, 0.15) is 41.1 Å². The van der Waals surface area contributed by atoms with Gasteiger partial charge < -0.3 is 15.4 Å². The zero-order valence-electron chi connectivity index (χ0n) is 19.7. The van der Waals surface area contributed by atoms with Crippen LogP contribution >= 0.6 is 0 Å². The molecule has 2 aromatic carbocycles. The van der Waals surface area contributed by atoms with Crippen LogP contribution < -0.4 is 10.6 Å². The van der Waals surface area contributed by atoms with Gasteiger partial charge in [-0.3, -0.25) is 4.79 Å². The van der Waals surface area contributed by atoms with Crippen molar-refractivity contribution in [1.82, 2.24) is 10.3 Å². The number of rotatable bonds is 8. The lowest BCUT2D eigenvalue weighted by molar-refractivity contribution is -0.116. The number of ether oxygens (including phenoxy) is 1. The fourth-order valence-electron chi connectivity index (χ4n) is 4.37. The SMILES string of the molecule is [CH2][C@H]1CO[C@H](CCc2c(F)cccc2NC(=O)C[C@@H](c2ccc(F)cc2)c2cccnc2C#N)CN1. The molecule has 185 valence electrons. The molecule has 2 N–H and O–H groups in total. The number of anilines is 1. The lowest BCUT2D eigenvalue weighted by Crippen LogP contribution is -2.45. The Morgan fingerprint density at radius 1 is 1.22 bits per heavy atom. The molecule has 1 aromatic heterocycles. The molecular formula is C28H27F2N4O2. The van der Waals surface area contributed by atoms with Crippen LogP contribution in [0.2, 0.25) is 0 Å². The Balaban J connectivity index is 1.53. The van der Waals surface area contributed by atoms with Crippen LogP contribution in [0, 0.1) is 29.9 Å². The molecule has 8 heteroatoms. The molecule has 3 aromatic rings. The summed E-state index contributed by atoms with van der Waals surface area (Å²) in [5.74, 6) is -1.70. The lowest BCUT2D eigenvalue weighted by Gasteiger charge is -2.28. The molecule has 1 radical (unpaired) electrons. The maximum absolute atomic E-state index is 14.7. The van der Waals surface area contributed by atoms with Crippen molar-refractivity contribution in [1.29, 1.82) is 5.26 Å². The standard InChI is InChI=1S/C28H27F2N4O2/c1-18-17-36-21(16-33-18)11-12-23-25(30)5-2-6-26(23)34-28(35)14-24(19-7-9-20(29)10-8-19)22-4-3-13-32-27(22)15-31/h2-10,13,18,21,24,33H,1,11-12,14,16-17H2,(H,34,35)/t18-,21+,24-/m0/s1. The van der Waals surface area contributed by atoms with Gasteiger partial charge >= 0.3 is 0 Å². The smallest absolute Gasteiger partial charge is 0.225 e. The molecule has 1 amide bonds. The van der Waals surface area contributed by atoms with Crippen molar-refractivity contribution < 1.29 is 18.3 Å². The summed E-state index contributed by atoms with van der Waals surface area (Å²) in [6.45, 7) is 5.04. The van der Waals surface area contributed by atoms with E-state index in [-0.39, 0.29) is 30.2 Å². The first kappa shape index (κ1) is 25.4. The predicted molar refractivity (Wildman–Crippen MR) is 132 cm³/mol. The van der Waals surface area contributed by atoms with Crippen LogP contribution in [0.25, 0.3) is 0 Å². The molecule has 1 saturated heterocycles. The van der Waals surface area contributed by atoms with Gasteiger partial charge in [0.1, 0.15) is 23.4 Å². The molecule has 6 nitrogen and oxygen atoms in total. The Labute approximate surface area is 209 Å². The average Bonchev–Trinajstić information content (AvgIpc) is 2.88. The number of aromatic nitrogens is 1. The summed E-state index contributed by atoms with van der Waals surface area (Å²) in [6, 6.07) is 15.9. The fourth-order valence-corrected chi connectivity index (χ4v) is 4.37. The van der Waals surface area contributed by atoms with E-state index in [4.69, 9.17) is 4.74 Å². The van der Waals surface area contributed by atoms with Gasteiger partial charge in [-0.15, -0.1) is 0 Å². The van der Waals surface area contributed by atoms with E-state index in [0.29, 0.717) is 48.4 Å². The van der Waals surface area contributed by atoms with Crippen LogP contribution in [0.5, 0.6) is 0 Å². The number of halogens is 2. The van der Waals surface area contributed by atoms with Gasteiger partial charge in [0.25, 0.3) is 0 Å². The van der Waals surface area contributed by atoms with E-state index in [1.54, 1.807) is 36.4 Å². The quantitative estimate of drug-likeness (QED) is 0.486. The second-order valence-corrected chi connectivity index (χ2v) is 8.77. The highest BCUT2D eigenvalue weighted by molar-refractivity contribution is 5.92. The van der Waals surface area contributed by atoms with E-state index in [1.807, 2.05) is 0 Å². The van der Waals surface area contributed by atoms with Gasteiger partial charge in [0.2, 0.25) is 5.91 Å². The molecule has 4 rings (SSSR count). The number of amides is 1. The van der Waals surface area contributed by atoms with E-state index in [9.17, 15) is 18.8 Å². The summed E-state index contributed by atoms with van der Waals surface area (Å²) in [5, 5.41) is 15.6. The number of morpholine rings is 1. The van der Waals surface area contributed by atoms with Crippen molar-refractivity contribution in [3.05, 3.63) is 102 Å². The van der Waals surface area contributed by atoms with Crippen molar-refractivity contribution in [2.45, 2.75) is 37.3 Å². The van der Waals surface area contributed by atoms with Crippen molar-refractivity contribution >= 4 is 11.6 Å². The zero-order chi connectivity index (χ0) is 25.5. The highest BCUT2D eigenvalue weighted by Gasteiger charge is 2.24. The van der Waals surface area contributed by atoms with E-state index in [1.165, 1.54) is 24.4 Å². The Hall–Kier alpha value is -3.67. The van der Waals surface area contributed by atoms with Crippen LogP contribution in [0.3, 0.4) is 0 Å². The van der Waals surface area contributed by atoms with Crippen LogP contribution in [-0.2, 0) is 16.0 Å². The second-order valence-electron chi connectivity index (χ2n) is 8.77. The Bertz CT molecular complexity index is 1240. The summed E-state index contributed by atoms with van der Waals surface area (Å²) in [7, 11) is 0. The zero-order valence-corrected chi connectivity index (χ0v) is 19.7. The topological polar surface area (TPSA) is 87.0 Å². The van der Waals surface area contributed by atoms with E-state index >= 15 is 0 Å². The molecule has 0 spiro atoms. The van der Waals surface area contributed by atoms with Crippen molar-refractivity contribution in [3.63, 3.8) is 0 Å².